The summed E-state index contributed by atoms with van der Waals surface area (Å²) in [7, 11) is 0. The first kappa shape index (κ1) is 13.7. The monoisotopic (exact) mass is 274 g/mol. The zero-order chi connectivity index (χ0) is 14.7. The molecule has 1 amide bonds. The molecule has 0 radical (unpaired) electrons. The van der Waals surface area contributed by atoms with Gasteiger partial charge >= 0.3 is 5.97 Å². The third-order valence-electron chi connectivity index (χ3n) is 2.64. The fourth-order valence-electron chi connectivity index (χ4n) is 1.63. The second kappa shape index (κ2) is 5.52. The predicted octanol–water partition coefficient (Wildman–Crippen LogP) is 1.81. The number of hydrogen-bond donors (Lipinski definition) is 2. The molecule has 0 saturated heterocycles. The maximum atomic E-state index is 12.0. The van der Waals surface area contributed by atoms with Gasteiger partial charge in [0.15, 0.2) is 0 Å². The number of carboxylic acid groups (broad SMARTS) is 1. The zero-order valence-electron chi connectivity index (χ0n) is 11.1. The first-order chi connectivity index (χ1) is 9.49. The van der Waals surface area contributed by atoms with Crippen LogP contribution in [0, 0.1) is 0 Å². The Kier molecular flexibility index (Phi) is 3.79. The molecule has 0 fully saturated rings. The van der Waals surface area contributed by atoms with Crippen LogP contribution in [0.3, 0.4) is 0 Å². The van der Waals surface area contributed by atoms with E-state index in [0.717, 1.165) is 0 Å². The van der Waals surface area contributed by atoms with Gasteiger partial charge in [0.25, 0.3) is 5.91 Å². The average Bonchev–Trinajstić information content (AvgIpc) is 2.87. The van der Waals surface area contributed by atoms with Crippen molar-refractivity contribution in [3.63, 3.8) is 0 Å². The molecule has 7 nitrogen and oxygen atoms in total. The van der Waals surface area contributed by atoms with Gasteiger partial charge in [-0.05, 0) is 26.0 Å². The molecule has 0 unspecified atom stereocenters. The molecule has 0 aliphatic heterocycles. The Morgan fingerprint density at radius 3 is 2.75 bits per heavy atom. The van der Waals surface area contributed by atoms with Crippen LogP contribution < -0.4 is 5.32 Å². The van der Waals surface area contributed by atoms with Gasteiger partial charge in [0.1, 0.15) is 5.69 Å². The number of rotatable bonds is 4. The molecule has 0 aliphatic rings. The molecule has 0 aromatic carbocycles. The van der Waals surface area contributed by atoms with Gasteiger partial charge in [-0.3, -0.25) is 14.5 Å². The number of nitrogens with one attached hydrogen (secondary N) is 1. The summed E-state index contributed by atoms with van der Waals surface area (Å²) in [5.74, 6) is -1.77. The van der Waals surface area contributed by atoms with Gasteiger partial charge < -0.3 is 10.4 Å². The smallest absolute Gasteiger partial charge is 0.338 e. The van der Waals surface area contributed by atoms with E-state index in [9.17, 15) is 9.59 Å². The number of hydrogen-bond acceptors (Lipinski definition) is 4. The van der Waals surface area contributed by atoms with E-state index in [0.29, 0.717) is 5.69 Å². The van der Waals surface area contributed by atoms with Gasteiger partial charge in [-0.2, -0.15) is 5.10 Å². The van der Waals surface area contributed by atoms with Crippen molar-refractivity contribution in [1.29, 1.82) is 0 Å². The Balaban J connectivity index is 2.22. The minimum Gasteiger partial charge on any atom is -0.478 e. The number of aromatic carboxylic acids is 1. The largest absolute Gasteiger partial charge is 0.478 e. The van der Waals surface area contributed by atoms with E-state index >= 15 is 0 Å². The molecule has 0 spiro atoms. The van der Waals surface area contributed by atoms with Crippen molar-refractivity contribution in [3.05, 3.63) is 42.0 Å². The van der Waals surface area contributed by atoms with E-state index in [1.807, 2.05) is 13.8 Å². The topological polar surface area (TPSA) is 97.1 Å². The third-order valence-corrected chi connectivity index (χ3v) is 2.64. The van der Waals surface area contributed by atoms with Crippen LogP contribution in [0.4, 0.5) is 5.69 Å². The second-order valence-corrected chi connectivity index (χ2v) is 4.46. The summed E-state index contributed by atoms with van der Waals surface area (Å²) in [4.78, 5) is 26.9. The summed E-state index contributed by atoms with van der Waals surface area (Å²) >= 11 is 0. The highest BCUT2D eigenvalue weighted by Crippen LogP contribution is 2.12. The van der Waals surface area contributed by atoms with Crippen LogP contribution in [0.25, 0.3) is 0 Å². The number of anilines is 1. The van der Waals surface area contributed by atoms with Crippen molar-refractivity contribution < 1.29 is 14.7 Å². The number of nitrogens with zero attached hydrogens (tertiary/aromatic N) is 3. The standard InChI is InChI=1S/C13H14N4O3/c1-8(2)17-7-9(6-15-17)16-12(18)11-10(13(19)20)4-3-5-14-11/h3-8H,1-2H3,(H,16,18)(H,19,20). The number of carbonyl (C=O) groups is 2. The molecule has 0 bridgehead atoms. The molecule has 0 atom stereocenters. The quantitative estimate of drug-likeness (QED) is 0.886. The van der Waals surface area contributed by atoms with E-state index in [1.165, 1.54) is 24.5 Å². The number of aromatic nitrogens is 3. The minimum atomic E-state index is -1.19. The highest BCUT2D eigenvalue weighted by molar-refractivity contribution is 6.09. The van der Waals surface area contributed by atoms with E-state index in [-0.39, 0.29) is 17.3 Å². The lowest BCUT2D eigenvalue weighted by molar-refractivity contribution is 0.0691. The Morgan fingerprint density at radius 2 is 2.15 bits per heavy atom. The van der Waals surface area contributed by atoms with E-state index in [1.54, 1.807) is 10.9 Å². The Labute approximate surface area is 115 Å². The summed E-state index contributed by atoms with van der Waals surface area (Å²) in [5.41, 5.74) is 0.226. The molecule has 2 aromatic heterocycles. The van der Waals surface area contributed by atoms with Crippen molar-refractivity contribution in [2.45, 2.75) is 19.9 Å². The maximum Gasteiger partial charge on any atom is 0.338 e. The molecule has 20 heavy (non-hydrogen) atoms. The van der Waals surface area contributed by atoms with Gasteiger partial charge in [0.2, 0.25) is 0 Å². The van der Waals surface area contributed by atoms with Crippen molar-refractivity contribution in [1.82, 2.24) is 14.8 Å². The first-order valence-corrected chi connectivity index (χ1v) is 6.03. The fourth-order valence-corrected chi connectivity index (χ4v) is 1.63. The summed E-state index contributed by atoms with van der Waals surface area (Å²) < 4.78 is 1.69. The highest BCUT2D eigenvalue weighted by atomic mass is 16.4. The Morgan fingerprint density at radius 1 is 1.40 bits per heavy atom. The Bertz CT molecular complexity index is 649. The summed E-state index contributed by atoms with van der Waals surface area (Å²) in [6.07, 6.45) is 4.55. The van der Waals surface area contributed by atoms with Crippen LogP contribution in [0.2, 0.25) is 0 Å². The van der Waals surface area contributed by atoms with Crippen LogP contribution in [-0.4, -0.2) is 31.7 Å². The molecule has 2 aromatic rings. The lowest BCUT2D eigenvalue weighted by atomic mass is 10.2. The van der Waals surface area contributed by atoms with Crippen LogP contribution >= 0.6 is 0 Å². The van der Waals surface area contributed by atoms with Crippen LogP contribution in [-0.2, 0) is 0 Å². The van der Waals surface area contributed by atoms with Gasteiger partial charge in [-0.25, -0.2) is 4.79 Å². The number of amides is 1. The van der Waals surface area contributed by atoms with E-state index in [2.05, 4.69) is 15.4 Å². The maximum absolute atomic E-state index is 12.0. The van der Waals surface area contributed by atoms with E-state index < -0.39 is 11.9 Å². The molecule has 104 valence electrons. The second-order valence-electron chi connectivity index (χ2n) is 4.46. The SMILES string of the molecule is CC(C)n1cc(NC(=O)c2ncccc2C(=O)O)cn1. The summed E-state index contributed by atoms with van der Waals surface area (Å²) in [6.45, 7) is 3.92. The van der Waals surface area contributed by atoms with Gasteiger partial charge in [-0.1, -0.05) is 0 Å². The molecular weight excluding hydrogens is 260 g/mol. The van der Waals surface area contributed by atoms with Gasteiger partial charge in [0, 0.05) is 18.4 Å². The van der Waals surface area contributed by atoms with Crippen LogP contribution in [0.1, 0.15) is 40.7 Å². The summed E-state index contributed by atoms with van der Waals surface area (Å²) in [5, 5.41) is 15.7. The number of carbonyl (C=O) groups excluding carboxylic acids is 1. The first-order valence-electron chi connectivity index (χ1n) is 6.03. The molecule has 2 heterocycles. The normalized spacial score (nSPS) is 10.6. The average molecular weight is 274 g/mol. The molecule has 0 saturated carbocycles. The Hall–Kier alpha value is -2.70. The molecule has 0 aliphatic carbocycles. The van der Waals surface area contributed by atoms with E-state index in [4.69, 9.17) is 5.11 Å². The van der Waals surface area contributed by atoms with Crippen molar-refractivity contribution in [2.24, 2.45) is 0 Å². The molecule has 2 rings (SSSR count). The van der Waals surface area contributed by atoms with Crippen LogP contribution in [0.5, 0.6) is 0 Å². The highest BCUT2D eigenvalue weighted by Gasteiger charge is 2.18. The lowest BCUT2D eigenvalue weighted by Crippen LogP contribution is -2.17. The lowest BCUT2D eigenvalue weighted by Gasteiger charge is -2.05. The third kappa shape index (κ3) is 2.82. The van der Waals surface area contributed by atoms with Crippen molar-refractivity contribution >= 4 is 17.6 Å². The summed E-state index contributed by atoms with van der Waals surface area (Å²) in [6, 6.07) is 2.98. The minimum absolute atomic E-state index is 0.128. The number of carboxylic acids is 1. The molecule has 7 heteroatoms. The van der Waals surface area contributed by atoms with Gasteiger partial charge in [-0.15, -0.1) is 0 Å². The zero-order valence-corrected chi connectivity index (χ0v) is 11.1. The van der Waals surface area contributed by atoms with Crippen molar-refractivity contribution in [3.8, 4) is 0 Å². The van der Waals surface area contributed by atoms with Crippen LogP contribution in [0.15, 0.2) is 30.7 Å². The fraction of sp³-hybridized carbons (Fsp3) is 0.231. The number of pyridine rings is 1. The molecular formula is C13H14N4O3. The van der Waals surface area contributed by atoms with Crippen molar-refractivity contribution in [2.75, 3.05) is 5.32 Å². The molecule has 2 N–H and O–H groups in total. The van der Waals surface area contributed by atoms with Gasteiger partial charge in [0.05, 0.1) is 17.4 Å². The predicted molar refractivity (Wildman–Crippen MR) is 71.8 cm³/mol.